The Kier molecular flexibility index (Phi) is 10.5. The van der Waals surface area contributed by atoms with Crippen LogP contribution < -0.4 is 5.73 Å². The summed E-state index contributed by atoms with van der Waals surface area (Å²) in [5.41, 5.74) is 7.57. The van der Waals surface area contributed by atoms with Crippen LogP contribution in [0.15, 0.2) is 17.8 Å². The van der Waals surface area contributed by atoms with E-state index >= 15 is 0 Å². The van der Waals surface area contributed by atoms with Gasteiger partial charge in [-0.05, 0) is 0 Å². The second-order valence-electron chi connectivity index (χ2n) is 8.69. The van der Waals surface area contributed by atoms with Crippen molar-refractivity contribution >= 4 is 49.9 Å². The van der Waals surface area contributed by atoms with Gasteiger partial charge in [0.2, 0.25) is 0 Å². The second-order valence-corrected chi connectivity index (χ2v) is 18.0. The maximum absolute atomic E-state index is 13.7. The Morgan fingerprint density at radius 1 is 1.29 bits per heavy atom. The first-order chi connectivity index (χ1) is 16.0. The van der Waals surface area contributed by atoms with Crippen molar-refractivity contribution in [2.24, 2.45) is 5.16 Å². The number of carbonyl (C=O) groups excluding carboxylic acids is 1. The Hall–Kier alpha value is -1.96. The van der Waals surface area contributed by atoms with E-state index in [0.29, 0.717) is 35.8 Å². The summed E-state index contributed by atoms with van der Waals surface area (Å²) in [6.07, 6.45) is 5.31. The number of fused-ring (bicyclic) bond motifs is 1. The molecular formula is C21H35AsN6O5P. The monoisotopic (exact) mass is 557 g/mol. The molecule has 2 rings (SSSR count). The zero-order valence-corrected chi connectivity index (χ0v) is 23.5. The summed E-state index contributed by atoms with van der Waals surface area (Å²) in [4.78, 5) is 25.1. The molecule has 13 heteroatoms. The number of hydrogen-bond acceptors (Lipinski definition) is 10. The molecule has 1 radical (unpaired) electrons. The van der Waals surface area contributed by atoms with E-state index in [9.17, 15) is 9.36 Å². The number of nitrogens with two attached hydrogens (primary N) is 1. The summed E-state index contributed by atoms with van der Waals surface area (Å²) < 4.78 is 31.4. The molecule has 0 spiro atoms. The van der Waals surface area contributed by atoms with Crippen LogP contribution in [0.4, 0.5) is 5.82 Å². The van der Waals surface area contributed by atoms with Crippen molar-refractivity contribution in [2.45, 2.75) is 77.7 Å². The van der Waals surface area contributed by atoms with E-state index in [1.807, 2.05) is 6.92 Å². The Labute approximate surface area is 206 Å². The van der Waals surface area contributed by atoms with Gasteiger partial charge in [-0.2, -0.15) is 0 Å². The fraction of sp³-hybridized carbons (Fsp3) is 0.667. The first-order valence-corrected chi connectivity index (χ1v) is 16.4. The molecule has 2 aromatic heterocycles. The van der Waals surface area contributed by atoms with Gasteiger partial charge in [0.15, 0.2) is 0 Å². The summed E-state index contributed by atoms with van der Waals surface area (Å²) in [7, 11) is 0. The van der Waals surface area contributed by atoms with Crippen molar-refractivity contribution < 1.29 is 23.5 Å². The Morgan fingerprint density at radius 3 is 2.71 bits per heavy atom. The first-order valence-electron chi connectivity index (χ1n) is 11.2. The molecule has 0 saturated carbocycles. The summed E-state index contributed by atoms with van der Waals surface area (Å²) in [6.45, 7) is 11.7. The number of oxime groups is 1. The predicted molar refractivity (Wildman–Crippen MR) is 133 cm³/mol. The van der Waals surface area contributed by atoms with Gasteiger partial charge in [-0.15, -0.1) is 0 Å². The van der Waals surface area contributed by atoms with Crippen LogP contribution in [-0.4, -0.2) is 65.6 Å². The zero-order valence-electron chi connectivity index (χ0n) is 20.7. The number of ether oxygens (including phenoxy) is 2. The van der Waals surface area contributed by atoms with Gasteiger partial charge in [0.05, 0.1) is 0 Å². The Bertz CT molecular complexity index is 1040. The molecule has 0 aromatic carbocycles. The van der Waals surface area contributed by atoms with Crippen molar-refractivity contribution in [2.75, 3.05) is 18.7 Å². The first kappa shape index (κ1) is 28.3. The number of anilines is 1. The van der Waals surface area contributed by atoms with Crippen LogP contribution in [0, 0.1) is 0 Å². The van der Waals surface area contributed by atoms with E-state index in [1.54, 1.807) is 38.6 Å². The van der Waals surface area contributed by atoms with Crippen molar-refractivity contribution in [3.63, 3.8) is 0 Å². The van der Waals surface area contributed by atoms with Crippen molar-refractivity contribution in [3.8, 4) is 0 Å². The van der Waals surface area contributed by atoms with Crippen LogP contribution in [0.2, 0.25) is 4.20 Å². The molecular weight excluding hydrogens is 522 g/mol. The average molecular weight is 557 g/mol. The van der Waals surface area contributed by atoms with Crippen molar-refractivity contribution in [1.29, 1.82) is 0 Å². The third-order valence-electron chi connectivity index (χ3n) is 4.64. The van der Waals surface area contributed by atoms with Crippen molar-refractivity contribution in [1.82, 2.24) is 19.5 Å². The molecule has 189 valence electrons. The van der Waals surface area contributed by atoms with E-state index in [1.165, 1.54) is 6.33 Å². The number of nitrogen functional groups attached to an aromatic ring is 1. The van der Waals surface area contributed by atoms with Gasteiger partial charge >= 0.3 is 207 Å². The van der Waals surface area contributed by atoms with Crippen LogP contribution in [0.3, 0.4) is 0 Å². The van der Waals surface area contributed by atoms with E-state index in [0.717, 1.165) is 19.3 Å². The molecule has 34 heavy (non-hydrogen) atoms. The molecule has 2 atom stereocenters. The third kappa shape index (κ3) is 8.36. The molecule has 2 aromatic rings. The standard InChI is InChI=1S/C21H35AsN6O5P/c1-7-8-9-10-31-20(29)21(5,6)22-34(30,33-27-15(2)3)14-32-16(4)11-28-13-26-17-18(23)24-12-25-19(17)28/h12-13,16H,7-11,14H2,1-6H3,(H2,23,24,25)/t16-,34+/m1/s1. The topological polar surface area (TPSA) is 144 Å². The molecule has 0 bridgehead atoms. The zero-order chi connectivity index (χ0) is 25.4. The number of esters is 1. The number of nitrogens with zero attached hydrogens (tertiary/aromatic N) is 5. The normalized spacial score (nSPS) is 14.8. The molecule has 2 heterocycles. The molecule has 0 aliphatic rings. The van der Waals surface area contributed by atoms with Crippen LogP contribution in [-0.2, 0) is 30.0 Å². The maximum atomic E-state index is 13.7. The fourth-order valence-electron chi connectivity index (χ4n) is 2.91. The summed E-state index contributed by atoms with van der Waals surface area (Å²) in [6, 6.07) is 0. The molecule has 0 unspecified atom stereocenters. The van der Waals surface area contributed by atoms with Crippen LogP contribution in [0.5, 0.6) is 0 Å². The molecule has 0 fully saturated rings. The number of unbranched alkanes of at least 4 members (excludes halogenated alkanes) is 2. The van der Waals surface area contributed by atoms with Crippen LogP contribution in [0.1, 0.15) is 60.8 Å². The Morgan fingerprint density at radius 2 is 2.03 bits per heavy atom. The molecule has 11 nitrogen and oxygen atoms in total. The molecule has 0 aliphatic heterocycles. The van der Waals surface area contributed by atoms with Gasteiger partial charge in [-0.25, -0.2) is 0 Å². The molecule has 0 aliphatic carbocycles. The quantitative estimate of drug-likeness (QED) is 0.0910. The molecule has 0 amide bonds. The minimum absolute atomic E-state index is 0.165. The Balaban J connectivity index is 2.06. The molecule has 0 saturated heterocycles. The third-order valence-corrected chi connectivity index (χ3v) is 12.9. The average Bonchev–Trinajstić information content (AvgIpc) is 3.17. The van der Waals surface area contributed by atoms with E-state index < -0.39 is 25.4 Å². The number of hydrogen-bond donors (Lipinski definition) is 1. The van der Waals surface area contributed by atoms with Crippen LogP contribution >= 0.6 is 5.93 Å². The number of imidazole rings is 1. The number of aromatic nitrogens is 4. The summed E-state index contributed by atoms with van der Waals surface area (Å²) >= 11 is -1.13. The fourth-order valence-corrected chi connectivity index (χ4v) is 11.3. The van der Waals surface area contributed by atoms with Gasteiger partial charge in [0.25, 0.3) is 0 Å². The predicted octanol–water partition coefficient (Wildman–Crippen LogP) is 4.01. The SMILES string of the molecule is CCCCCOC(=O)C(C)(C)[As][P@](=O)(CO[C@H](C)Cn1cnc2c(N)ncnc21)ON=C(C)C. The second kappa shape index (κ2) is 12.7. The van der Waals surface area contributed by atoms with Gasteiger partial charge in [-0.3, -0.25) is 0 Å². The summed E-state index contributed by atoms with van der Waals surface area (Å²) in [5, 5.41) is 3.93. The minimum atomic E-state index is -3.38. The summed E-state index contributed by atoms with van der Waals surface area (Å²) in [5.74, 6) is -3.45. The van der Waals surface area contributed by atoms with Gasteiger partial charge < -0.3 is 0 Å². The van der Waals surface area contributed by atoms with Crippen molar-refractivity contribution in [3.05, 3.63) is 12.7 Å². The number of carbonyl (C=O) groups is 1. The van der Waals surface area contributed by atoms with Gasteiger partial charge in [0, 0.05) is 0 Å². The van der Waals surface area contributed by atoms with Crippen LogP contribution in [0.25, 0.3) is 11.2 Å². The molecule has 2 N–H and O–H groups in total. The van der Waals surface area contributed by atoms with E-state index in [-0.39, 0.29) is 18.4 Å². The van der Waals surface area contributed by atoms with Gasteiger partial charge in [-0.1, -0.05) is 0 Å². The van der Waals surface area contributed by atoms with E-state index in [4.69, 9.17) is 19.8 Å². The van der Waals surface area contributed by atoms with Gasteiger partial charge in [0.1, 0.15) is 0 Å². The van der Waals surface area contributed by atoms with E-state index in [2.05, 4.69) is 27.0 Å². The number of rotatable bonds is 14.